The molecule has 5 N–H and O–H groups in total. The van der Waals surface area contributed by atoms with E-state index in [0.29, 0.717) is 21.9 Å². The minimum atomic E-state index is -2.91. The molecule has 1 unspecified atom stereocenters. The van der Waals surface area contributed by atoms with Crippen molar-refractivity contribution >= 4 is 39.7 Å². The first-order valence-corrected chi connectivity index (χ1v) is 9.49. The number of fused-ring (bicyclic) bond motifs is 1. The molecule has 2 aromatic rings. The third kappa shape index (κ3) is 2.94. The number of carbonyl (C=O) groups excluding carboxylic acids is 1. The van der Waals surface area contributed by atoms with Crippen molar-refractivity contribution < 1.29 is 13.9 Å². The van der Waals surface area contributed by atoms with E-state index in [1.807, 2.05) is 0 Å². The van der Waals surface area contributed by atoms with E-state index in [-0.39, 0.29) is 21.8 Å². The average molecular weight is 388 g/mol. The molecule has 6 nitrogen and oxygen atoms in total. The van der Waals surface area contributed by atoms with Crippen LogP contribution in [0.3, 0.4) is 0 Å². The molecule has 2 heterocycles. The molecule has 0 saturated heterocycles. The fraction of sp³-hybridized carbons (Fsp3) is 0.200. The van der Waals surface area contributed by atoms with Gasteiger partial charge in [0.15, 0.2) is 0 Å². The Hall–Kier alpha value is -1.51. The quantitative estimate of drug-likeness (QED) is 0.632. The van der Waals surface area contributed by atoms with Crippen LogP contribution in [0.4, 0.5) is 0 Å². The number of halogens is 2. The van der Waals surface area contributed by atoms with Crippen molar-refractivity contribution in [1.29, 1.82) is 5.41 Å². The number of amides is 1. The van der Waals surface area contributed by atoms with Gasteiger partial charge in [-0.05, 0) is 36.2 Å². The zero-order valence-electron chi connectivity index (χ0n) is 12.4. The second-order valence-corrected chi connectivity index (χ2v) is 8.60. The molecule has 0 bridgehead atoms. The van der Waals surface area contributed by atoms with E-state index in [4.69, 9.17) is 34.3 Å². The molecule has 0 aliphatic carbocycles. The van der Waals surface area contributed by atoms with E-state index in [9.17, 15) is 13.9 Å². The van der Waals surface area contributed by atoms with Gasteiger partial charge in [-0.1, -0.05) is 23.2 Å². The van der Waals surface area contributed by atoms with Gasteiger partial charge in [-0.2, -0.15) is 10.6 Å². The molecule has 1 aliphatic rings. The number of primary amides is 1. The highest BCUT2D eigenvalue weighted by Gasteiger charge is 2.32. The minimum Gasteiger partial charge on any atom is -0.365 e. The maximum absolute atomic E-state index is 11.5. The summed E-state index contributed by atoms with van der Waals surface area (Å²) in [7, 11) is -2.91. The molecule has 1 aromatic heterocycles. The topological polar surface area (TPSA) is 112 Å². The van der Waals surface area contributed by atoms with Gasteiger partial charge in [0.2, 0.25) is 0 Å². The molecule has 3 rings (SSSR count). The molecule has 1 aromatic carbocycles. The van der Waals surface area contributed by atoms with Gasteiger partial charge in [0, 0.05) is 17.0 Å². The number of carbonyl (C=O) groups is 1. The van der Waals surface area contributed by atoms with E-state index in [2.05, 4.69) is 0 Å². The molecule has 1 aliphatic heterocycles. The highest BCUT2D eigenvalue weighted by molar-refractivity contribution is 8.24. The van der Waals surface area contributed by atoms with Gasteiger partial charge in [-0.3, -0.25) is 19.3 Å². The van der Waals surface area contributed by atoms with E-state index in [1.54, 1.807) is 18.2 Å². The van der Waals surface area contributed by atoms with Crippen molar-refractivity contribution in [3.8, 4) is 0 Å². The van der Waals surface area contributed by atoms with Crippen molar-refractivity contribution in [2.45, 2.75) is 17.4 Å². The largest absolute Gasteiger partial charge is 0.365 e. The lowest BCUT2D eigenvalue weighted by Gasteiger charge is -2.41. The first-order chi connectivity index (χ1) is 11.2. The Morgan fingerprint density at radius 3 is 2.67 bits per heavy atom. The molecule has 1 atom stereocenters. The first-order valence-electron chi connectivity index (χ1n) is 7.02. The molecule has 0 spiro atoms. The van der Waals surface area contributed by atoms with Gasteiger partial charge in [-0.15, -0.1) is 0 Å². The molecule has 24 heavy (non-hydrogen) atoms. The minimum absolute atomic E-state index is 0.00302. The molecule has 128 valence electrons. The van der Waals surface area contributed by atoms with Crippen molar-refractivity contribution in [2.24, 2.45) is 5.73 Å². The monoisotopic (exact) mass is 387 g/mol. The fourth-order valence-electron chi connectivity index (χ4n) is 2.92. The summed E-state index contributed by atoms with van der Waals surface area (Å²) in [4.78, 5) is 11.9. The van der Waals surface area contributed by atoms with Crippen molar-refractivity contribution in [3.63, 3.8) is 0 Å². The lowest BCUT2D eigenvalue weighted by Crippen LogP contribution is -2.34. The summed E-state index contributed by atoms with van der Waals surface area (Å²) in [6.07, 6.45) is 1.90. The summed E-state index contributed by atoms with van der Waals surface area (Å²) in [6.45, 7) is 0. The van der Waals surface area contributed by atoms with Crippen LogP contribution >= 0.6 is 33.8 Å². The Morgan fingerprint density at radius 1 is 1.29 bits per heavy atom. The van der Waals surface area contributed by atoms with Gasteiger partial charge < -0.3 is 10.3 Å². The van der Waals surface area contributed by atoms with Gasteiger partial charge in [0.1, 0.15) is 5.49 Å². The van der Waals surface area contributed by atoms with E-state index >= 15 is 0 Å². The SMILES string of the molecule is N=c1c(C(N)=O)cc(Cl)cn1C1CCS(O)(O)c2ccc(Cl)cc21. The standard InChI is InChI=1S/C15H15Cl2N3O3S/c16-8-1-2-13-10(5-8)12(3-4-24(13,22)23)20-7-9(17)6-11(14(20)18)15(19)21/h1-2,5-7,12,18,22-23H,3-4H2,(H2,19,21). The Bertz CT molecular complexity index is 898. The van der Waals surface area contributed by atoms with Crippen LogP contribution in [0.2, 0.25) is 10.0 Å². The predicted molar refractivity (Wildman–Crippen MR) is 94.0 cm³/mol. The molecule has 9 heteroatoms. The third-order valence-electron chi connectivity index (χ3n) is 4.02. The molecular weight excluding hydrogens is 373 g/mol. The summed E-state index contributed by atoms with van der Waals surface area (Å²) >= 11 is 12.1. The van der Waals surface area contributed by atoms with Crippen LogP contribution in [-0.4, -0.2) is 25.3 Å². The normalized spacial score (nSPS) is 20.2. The van der Waals surface area contributed by atoms with Crippen LogP contribution in [-0.2, 0) is 0 Å². The van der Waals surface area contributed by atoms with Crippen LogP contribution in [0.25, 0.3) is 0 Å². The second-order valence-electron chi connectivity index (χ2n) is 5.55. The summed E-state index contributed by atoms with van der Waals surface area (Å²) in [5.41, 5.74) is 5.84. The summed E-state index contributed by atoms with van der Waals surface area (Å²) < 4.78 is 22.1. The number of rotatable bonds is 2. The maximum Gasteiger partial charge on any atom is 0.252 e. The Labute approximate surface area is 149 Å². The second kappa shape index (κ2) is 6.09. The van der Waals surface area contributed by atoms with Gasteiger partial charge >= 0.3 is 0 Å². The average Bonchev–Trinajstić information content (AvgIpc) is 2.49. The van der Waals surface area contributed by atoms with Gasteiger partial charge in [-0.25, -0.2) is 0 Å². The lowest BCUT2D eigenvalue weighted by atomic mass is 10.0. The van der Waals surface area contributed by atoms with Crippen molar-refractivity contribution in [3.05, 3.63) is 57.1 Å². The Balaban J connectivity index is 2.24. The smallest absolute Gasteiger partial charge is 0.252 e. The molecule has 0 radical (unpaired) electrons. The Kier molecular flexibility index (Phi) is 4.39. The number of nitrogens with two attached hydrogens (primary N) is 1. The van der Waals surface area contributed by atoms with E-state index < -0.39 is 22.5 Å². The predicted octanol–water partition coefficient (Wildman–Crippen LogP) is 3.48. The fourth-order valence-corrected chi connectivity index (χ4v) is 4.95. The summed E-state index contributed by atoms with van der Waals surface area (Å²) in [6, 6.07) is 5.77. The zero-order valence-corrected chi connectivity index (χ0v) is 14.7. The van der Waals surface area contributed by atoms with Crippen LogP contribution < -0.4 is 11.2 Å². The molecular formula is C15H15Cl2N3O3S. The summed E-state index contributed by atoms with van der Waals surface area (Å²) in [5, 5.41) is 8.97. The number of hydrogen-bond donors (Lipinski definition) is 4. The van der Waals surface area contributed by atoms with Crippen LogP contribution in [0.1, 0.15) is 28.4 Å². The molecule has 0 saturated carbocycles. The number of nitrogens with zero attached hydrogens (tertiary/aromatic N) is 1. The highest BCUT2D eigenvalue weighted by Crippen LogP contribution is 2.56. The number of nitrogens with one attached hydrogen (secondary N) is 1. The van der Waals surface area contributed by atoms with Gasteiger partial charge in [0.05, 0.1) is 21.5 Å². The molecule has 0 fully saturated rings. The third-order valence-corrected chi connectivity index (χ3v) is 6.34. The lowest BCUT2D eigenvalue weighted by molar-refractivity contribution is 0.0997. The number of pyridine rings is 1. The van der Waals surface area contributed by atoms with Crippen LogP contribution in [0, 0.1) is 5.41 Å². The number of hydrogen-bond acceptors (Lipinski definition) is 4. The number of aromatic nitrogens is 1. The molecule has 1 amide bonds. The summed E-state index contributed by atoms with van der Waals surface area (Å²) in [5.74, 6) is -0.598. The van der Waals surface area contributed by atoms with Gasteiger partial charge in [0.25, 0.3) is 5.91 Å². The first kappa shape index (κ1) is 17.3. The van der Waals surface area contributed by atoms with Crippen LogP contribution in [0.15, 0.2) is 35.4 Å². The maximum atomic E-state index is 11.5. The highest BCUT2D eigenvalue weighted by atomic mass is 35.5. The van der Waals surface area contributed by atoms with E-state index in [1.165, 1.54) is 16.8 Å². The Morgan fingerprint density at radius 2 is 2.00 bits per heavy atom. The number of benzene rings is 1. The van der Waals surface area contributed by atoms with Crippen LogP contribution in [0.5, 0.6) is 0 Å². The zero-order chi connectivity index (χ0) is 17.6. The van der Waals surface area contributed by atoms with Crippen molar-refractivity contribution in [2.75, 3.05) is 5.75 Å². The van der Waals surface area contributed by atoms with Crippen molar-refractivity contribution in [1.82, 2.24) is 4.57 Å². The van der Waals surface area contributed by atoms with E-state index in [0.717, 1.165) is 0 Å².